The number of ether oxygens (including phenoxy) is 2. The summed E-state index contributed by atoms with van der Waals surface area (Å²) in [4.78, 5) is 28.7. The molecule has 11 heteroatoms. The van der Waals surface area contributed by atoms with Crippen LogP contribution >= 0.6 is 0 Å². The first-order chi connectivity index (χ1) is 19.7. The Balaban J connectivity index is 1.29. The van der Waals surface area contributed by atoms with Crippen LogP contribution in [0.2, 0.25) is 0 Å². The number of hydrogen-bond donors (Lipinski definition) is 4. The third kappa shape index (κ3) is 9.74. The highest BCUT2D eigenvalue weighted by molar-refractivity contribution is 5.94. The Kier molecular flexibility index (Phi) is 11.9. The molecule has 1 fully saturated rings. The Bertz CT molecular complexity index is 1160. The van der Waals surface area contributed by atoms with Gasteiger partial charge >= 0.3 is 0 Å². The molecular weight excluding hydrogens is 508 g/mol. The van der Waals surface area contributed by atoms with Gasteiger partial charge in [0.25, 0.3) is 5.91 Å². The number of anilines is 3. The highest BCUT2D eigenvalue weighted by atomic mass is 16.5. The number of aromatic nitrogens is 3. The maximum atomic E-state index is 12.4. The van der Waals surface area contributed by atoms with Crippen molar-refractivity contribution in [1.82, 2.24) is 20.3 Å². The number of nitrogens with two attached hydrogens (primary N) is 1. The molecule has 0 bridgehead atoms. The second-order valence-electron chi connectivity index (χ2n) is 9.49. The normalized spacial score (nSPS) is 13.2. The minimum atomic E-state index is -0.139. The predicted molar refractivity (Wildman–Crippen MR) is 156 cm³/mol. The Labute approximate surface area is 235 Å². The zero-order valence-electron chi connectivity index (χ0n) is 23.0. The molecule has 0 radical (unpaired) electrons. The molecule has 1 amide bonds. The Morgan fingerprint density at radius 1 is 0.775 bits per heavy atom. The van der Waals surface area contributed by atoms with Gasteiger partial charge < -0.3 is 36.1 Å². The second-order valence-corrected chi connectivity index (χ2v) is 9.49. The van der Waals surface area contributed by atoms with E-state index in [1.54, 1.807) is 0 Å². The maximum absolute atomic E-state index is 12.4. The van der Waals surface area contributed by atoms with Crippen LogP contribution in [0.3, 0.4) is 0 Å². The van der Waals surface area contributed by atoms with Crippen LogP contribution in [0.5, 0.6) is 0 Å². The van der Waals surface area contributed by atoms with Gasteiger partial charge in [0.2, 0.25) is 17.8 Å². The van der Waals surface area contributed by atoms with Gasteiger partial charge in [-0.05, 0) is 42.5 Å². The Hall–Kier alpha value is -3.80. The number of carbonyl (C=O) groups excluding carboxylic acids is 1. The van der Waals surface area contributed by atoms with Gasteiger partial charge in [-0.15, -0.1) is 0 Å². The summed E-state index contributed by atoms with van der Waals surface area (Å²) in [5.74, 6) is 1.61. The van der Waals surface area contributed by atoms with Crippen molar-refractivity contribution in [1.29, 1.82) is 0 Å². The minimum absolute atomic E-state index is 0.139. The minimum Gasteiger partial charge on any atom is -0.378 e. The molecule has 2 aromatic carbocycles. The van der Waals surface area contributed by atoms with Crippen LogP contribution in [0, 0.1) is 0 Å². The monoisotopic (exact) mass is 548 g/mol. The van der Waals surface area contributed by atoms with Gasteiger partial charge in [0.1, 0.15) is 0 Å². The van der Waals surface area contributed by atoms with E-state index >= 15 is 0 Å². The van der Waals surface area contributed by atoms with Crippen molar-refractivity contribution >= 4 is 23.8 Å². The molecule has 0 aliphatic carbocycles. The molecule has 1 saturated heterocycles. The van der Waals surface area contributed by atoms with Crippen LogP contribution in [0.4, 0.5) is 17.8 Å². The largest absolute Gasteiger partial charge is 0.378 e. The van der Waals surface area contributed by atoms with Crippen LogP contribution < -0.4 is 26.6 Å². The molecule has 0 spiro atoms. The zero-order valence-corrected chi connectivity index (χ0v) is 23.0. The van der Waals surface area contributed by atoms with E-state index in [1.165, 1.54) is 6.42 Å². The van der Waals surface area contributed by atoms with Crippen molar-refractivity contribution in [2.24, 2.45) is 5.73 Å². The summed E-state index contributed by atoms with van der Waals surface area (Å²) in [5, 5.41) is 9.54. The van der Waals surface area contributed by atoms with E-state index in [2.05, 4.69) is 38.0 Å². The van der Waals surface area contributed by atoms with Crippen molar-refractivity contribution in [3.8, 4) is 0 Å². The summed E-state index contributed by atoms with van der Waals surface area (Å²) in [6.45, 7) is 5.88. The molecule has 11 nitrogen and oxygen atoms in total. The van der Waals surface area contributed by atoms with Gasteiger partial charge in [-0.1, -0.05) is 42.5 Å². The highest BCUT2D eigenvalue weighted by Crippen LogP contribution is 2.19. The molecule has 40 heavy (non-hydrogen) atoms. The fourth-order valence-electron chi connectivity index (χ4n) is 4.23. The van der Waals surface area contributed by atoms with Crippen LogP contribution in [0.25, 0.3) is 0 Å². The van der Waals surface area contributed by atoms with Crippen molar-refractivity contribution in [2.45, 2.75) is 32.4 Å². The summed E-state index contributed by atoms with van der Waals surface area (Å²) in [5.41, 5.74) is 8.12. The number of hydrogen-bond acceptors (Lipinski definition) is 10. The van der Waals surface area contributed by atoms with E-state index in [-0.39, 0.29) is 5.91 Å². The van der Waals surface area contributed by atoms with E-state index in [9.17, 15) is 4.79 Å². The number of piperidine rings is 1. The summed E-state index contributed by atoms with van der Waals surface area (Å²) >= 11 is 0. The third-order valence-corrected chi connectivity index (χ3v) is 6.39. The van der Waals surface area contributed by atoms with Crippen molar-refractivity contribution < 1.29 is 14.3 Å². The van der Waals surface area contributed by atoms with Gasteiger partial charge in [-0.25, -0.2) is 0 Å². The summed E-state index contributed by atoms with van der Waals surface area (Å²) in [6, 6.07) is 17.6. The first-order valence-corrected chi connectivity index (χ1v) is 14.0. The standard InChI is InChI=1S/C29H40N8O3/c30-13-17-39-19-20-40-18-14-31-26(38)25-11-9-24(10-12-25)22-33-28-34-27(32-21-23-7-3-1-4-8-23)35-29(36-28)37-15-5-2-6-16-37/h1,3-4,7-12H,2,5-6,13-22,30H2,(H,31,38)(H2,32,33,34,35,36). The van der Waals surface area contributed by atoms with E-state index in [0.29, 0.717) is 76.0 Å². The summed E-state index contributed by atoms with van der Waals surface area (Å²) in [7, 11) is 0. The van der Waals surface area contributed by atoms with Crippen molar-refractivity contribution in [2.75, 3.05) is 68.1 Å². The van der Waals surface area contributed by atoms with Gasteiger partial charge in [0, 0.05) is 44.8 Å². The lowest BCUT2D eigenvalue weighted by molar-refractivity contribution is 0.0511. The molecule has 0 unspecified atom stereocenters. The third-order valence-electron chi connectivity index (χ3n) is 6.39. The molecule has 1 aliphatic rings. The quantitative estimate of drug-likeness (QED) is 0.198. The molecule has 1 aliphatic heterocycles. The number of nitrogens with zero attached hydrogens (tertiary/aromatic N) is 4. The Morgan fingerprint density at radius 2 is 1.40 bits per heavy atom. The fourth-order valence-corrected chi connectivity index (χ4v) is 4.23. The van der Waals surface area contributed by atoms with Crippen molar-refractivity contribution in [3.63, 3.8) is 0 Å². The first-order valence-electron chi connectivity index (χ1n) is 14.0. The number of amides is 1. The number of benzene rings is 2. The molecule has 214 valence electrons. The van der Waals surface area contributed by atoms with Crippen LogP contribution in [-0.4, -0.2) is 73.5 Å². The first kappa shape index (κ1) is 29.2. The second kappa shape index (κ2) is 16.3. The number of rotatable bonds is 16. The lowest BCUT2D eigenvalue weighted by Crippen LogP contribution is -2.31. The molecule has 4 rings (SSSR count). The van der Waals surface area contributed by atoms with Gasteiger partial charge in [0.05, 0.1) is 26.4 Å². The van der Waals surface area contributed by atoms with Gasteiger partial charge in [-0.3, -0.25) is 4.79 Å². The predicted octanol–water partition coefficient (Wildman–Crippen LogP) is 2.81. The molecule has 3 aromatic rings. The van der Waals surface area contributed by atoms with E-state index < -0.39 is 0 Å². The van der Waals surface area contributed by atoms with Gasteiger partial charge in [-0.2, -0.15) is 15.0 Å². The topological polar surface area (TPSA) is 140 Å². The average molecular weight is 549 g/mol. The number of nitrogens with one attached hydrogen (secondary N) is 3. The number of carbonyl (C=O) groups is 1. The lowest BCUT2D eigenvalue weighted by Gasteiger charge is -2.27. The highest BCUT2D eigenvalue weighted by Gasteiger charge is 2.16. The SMILES string of the molecule is NCCOCCOCCNC(=O)c1ccc(CNc2nc(NCc3ccccc3)nc(N3CCCCC3)n2)cc1. The fraction of sp³-hybridized carbons (Fsp3) is 0.448. The molecule has 0 atom stereocenters. The zero-order chi connectivity index (χ0) is 27.8. The average Bonchev–Trinajstić information content (AvgIpc) is 3.01. The molecule has 0 saturated carbocycles. The Morgan fingerprint density at radius 3 is 2.05 bits per heavy atom. The van der Waals surface area contributed by atoms with Gasteiger partial charge in [0.15, 0.2) is 0 Å². The molecule has 5 N–H and O–H groups in total. The summed E-state index contributed by atoms with van der Waals surface area (Å²) in [6.07, 6.45) is 3.51. The van der Waals surface area contributed by atoms with Crippen LogP contribution in [0.1, 0.15) is 40.7 Å². The van der Waals surface area contributed by atoms with Crippen molar-refractivity contribution in [3.05, 3.63) is 71.3 Å². The van der Waals surface area contributed by atoms with E-state index in [1.807, 2.05) is 42.5 Å². The molecular formula is C29H40N8O3. The van der Waals surface area contributed by atoms with Crippen LogP contribution in [-0.2, 0) is 22.6 Å². The van der Waals surface area contributed by atoms with E-state index in [4.69, 9.17) is 25.2 Å². The summed E-state index contributed by atoms with van der Waals surface area (Å²) < 4.78 is 10.7. The molecule has 1 aromatic heterocycles. The van der Waals surface area contributed by atoms with Crippen LogP contribution in [0.15, 0.2) is 54.6 Å². The molecule has 2 heterocycles. The maximum Gasteiger partial charge on any atom is 0.251 e. The van der Waals surface area contributed by atoms with E-state index in [0.717, 1.165) is 37.1 Å². The lowest BCUT2D eigenvalue weighted by atomic mass is 10.1. The smallest absolute Gasteiger partial charge is 0.251 e.